The molecular weight excluding hydrogens is 318 g/mol. The highest BCUT2D eigenvalue weighted by Gasteiger charge is 2.06. The molecule has 0 aliphatic carbocycles. The Morgan fingerprint density at radius 2 is 1.80 bits per heavy atom. The molecule has 0 saturated heterocycles. The summed E-state index contributed by atoms with van der Waals surface area (Å²) < 4.78 is 16.3. The van der Waals surface area contributed by atoms with E-state index in [1.165, 1.54) is 0 Å². The predicted molar refractivity (Wildman–Crippen MR) is 98.1 cm³/mol. The number of carbonyl (C=O) groups excluding carboxylic acids is 1. The van der Waals surface area contributed by atoms with Gasteiger partial charge in [-0.25, -0.2) is 0 Å². The number of rotatable bonds is 10. The average molecular weight is 343 g/mol. The first-order valence-electron chi connectivity index (χ1n) is 8.45. The first-order valence-corrected chi connectivity index (χ1v) is 8.45. The lowest BCUT2D eigenvalue weighted by molar-refractivity contribution is -0.116. The lowest BCUT2D eigenvalue weighted by Gasteiger charge is -2.11. The molecule has 25 heavy (non-hydrogen) atoms. The molecule has 0 bridgehead atoms. The Morgan fingerprint density at radius 3 is 2.52 bits per heavy atom. The van der Waals surface area contributed by atoms with E-state index >= 15 is 0 Å². The van der Waals surface area contributed by atoms with Gasteiger partial charge in [-0.15, -0.1) is 0 Å². The highest BCUT2D eigenvalue weighted by atomic mass is 16.5. The number of hydrogen-bond donors (Lipinski definition) is 1. The third kappa shape index (κ3) is 6.47. The van der Waals surface area contributed by atoms with Gasteiger partial charge < -0.3 is 19.5 Å². The van der Waals surface area contributed by atoms with E-state index in [4.69, 9.17) is 14.2 Å². The Labute approximate surface area is 148 Å². The molecule has 0 unspecified atom stereocenters. The molecule has 0 aliphatic rings. The first kappa shape index (κ1) is 18.8. The van der Waals surface area contributed by atoms with E-state index in [1.54, 1.807) is 7.11 Å². The fourth-order valence-electron chi connectivity index (χ4n) is 2.39. The molecule has 0 spiro atoms. The van der Waals surface area contributed by atoms with Crippen molar-refractivity contribution in [2.75, 3.05) is 25.6 Å². The van der Waals surface area contributed by atoms with Crippen molar-refractivity contribution < 1.29 is 19.0 Å². The van der Waals surface area contributed by atoms with Gasteiger partial charge in [-0.05, 0) is 43.2 Å². The van der Waals surface area contributed by atoms with E-state index < -0.39 is 0 Å². The van der Waals surface area contributed by atoms with Gasteiger partial charge in [0, 0.05) is 19.2 Å². The van der Waals surface area contributed by atoms with Crippen molar-refractivity contribution in [2.45, 2.75) is 26.4 Å². The van der Waals surface area contributed by atoms with Crippen LogP contribution in [0.4, 0.5) is 5.69 Å². The highest BCUT2D eigenvalue weighted by Crippen LogP contribution is 2.26. The molecule has 0 atom stereocenters. The van der Waals surface area contributed by atoms with Crippen LogP contribution >= 0.6 is 0 Å². The number of hydrogen-bond acceptors (Lipinski definition) is 4. The van der Waals surface area contributed by atoms with Crippen molar-refractivity contribution in [1.29, 1.82) is 0 Å². The largest absolute Gasteiger partial charge is 0.490 e. The molecule has 5 nitrogen and oxygen atoms in total. The second-order valence-corrected chi connectivity index (χ2v) is 5.51. The van der Waals surface area contributed by atoms with Gasteiger partial charge in [-0.2, -0.15) is 0 Å². The summed E-state index contributed by atoms with van der Waals surface area (Å²) in [5.74, 6) is 1.40. The summed E-state index contributed by atoms with van der Waals surface area (Å²) in [6.45, 7) is 3.51. The zero-order chi connectivity index (χ0) is 17.9. The Hall–Kier alpha value is -2.53. The van der Waals surface area contributed by atoms with E-state index in [0.717, 1.165) is 17.0 Å². The predicted octanol–water partition coefficient (Wildman–Crippen LogP) is 4.03. The number of nitrogens with one attached hydrogen (secondary N) is 1. The highest BCUT2D eigenvalue weighted by molar-refractivity contribution is 5.90. The maximum Gasteiger partial charge on any atom is 0.224 e. The number of para-hydroxylation sites is 2. The summed E-state index contributed by atoms with van der Waals surface area (Å²) in [6, 6.07) is 15.2. The molecule has 1 amide bonds. The Balaban J connectivity index is 1.75. The fraction of sp³-hybridized carbons (Fsp3) is 0.350. The van der Waals surface area contributed by atoms with Crippen molar-refractivity contribution in [3.8, 4) is 11.5 Å². The van der Waals surface area contributed by atoms with Crippen LogP contribution < -0.4 is 14.8 Å². The standard InChI is InChI=1S/C20H25NO4/c1-3-24-18-10-4-5-11-19(18)25-13-7-12-20(22)21-17-9-6-8-16(14-17)15-23-2/h4-6,8-11,14H,3,7,12-13,15H2,1-2H3,(H,21,22). The van der Waals surface area contributed by atoms with E-state index in [9.17, 15) is 4.79 Å². The van der Waals surface area contributed by atoms with Crippen LogP contribution in [-0.4, -0.2) is 26.2 Å². The summed E-state index contributed by atoms with van der Waals surface area (Å²) in [5, 5.41) is 2.90. The molecule has 0 fully saturated rings. The number of ether oxygens (including phenoxy) is 3. The zero-order valence-electron chi connectivity index (χ0n) is 14.8. The molecule has 134 valence electrons. The van der Waals surface area contributed by atoms with Crippen molar-refractivity contribution in [2.24, 2.45) is 0 Å². The minimum absolute atomic E-state index is 0.0312. The Morgan fingerprint density at radius 1 is 1.04 bits per heavy atom. The molecule has 2 aromatic rings. The number of carbonyl (C=O) groups is 1. The van der Waals surface area contributed by atoms with Gasteiger partial charge in [0.1, 0.15) is 0 Å². The van der Waals surface area contributed by atoms with Crippen LogP contribution in [0.25, 0.3) is 0 Å². The van der Waals surface area contributed by atoms with E-state index in [0.29, 0.717) is 38.4 Å². The van der Waals surface area contributed by atoms with Crippen LogP contribution in [0.5, 0.6) is 11.5 Å². The summed E-state index contributed by atoms with van der Waals surface area (Å²) in [4.78, 5) is 12.0. The minimum Gasteiger partial charge on any atom is -0.490 e. The maximum atomic E-state index is 12.0. The maximum absolute atomic E-state index is 12.0. The lowest BCUT2D eigenvalue weighted by atomic mass is 10.2. The van der Waals surface area contributed by atoms with Gasteiger partial charge in [0.15, 0.2) is 11.5 Å². The number of benzene rings is 2. The van der Waals surface area contributed by atoms with Crippen LogP contribution in [-0.2, 0) is 16.1 Å². The summed E-state index contributed by atoms with van der Waals surface area (Å²) in [6.07, 6.45) is 1.02. The van der Waals surface area contributed by atoms with Crippen molar-refractivity contribution in [3.63, 3.8) is 0 Å². The molecule has 5 heteroatoms. The first-order chi connectivity index (χ1) is 12.2. The van der Waals surface area contributed by atoms with Crippen LogP contribution in [0, 0.1) is 0 Å². The summed E-state index contributed by atoms with van der Waals surface area (Å²) in [5.41, 5.74) is 1.80. The molecule has 0 aliphatic heterocycles. The monoisotopic (exact) mass is 343 g/mol. The second-order valence-electron chi connectivity index (χ2n) is 5.51. The van der Waals surface area contributed by atoms with Gasteiger partial charge in [-0.3, -0.25) is 4.79 Å². The Kier molecular flexibility index (Phi) is 7.79. The van der Waals surface area contributed by atoms with E-state index in [1.807, 2.05) is 55.5 Å². The van der Waals surface area contributed by atoms with Crippen molar-refractivity contribution in [3.05, 3.63) is 54.1 Å². The van der Waals surface area contributed by atoms with Crippen LogP contribution in [0.3, 0.4) is 0 Å². The molecule has 2 rings (SSSR count). The summed E-state index contributed by atoms with van der Waals surface area (Å²) in [7, 11) is 1.65. The molecule has 1 N–H and O–H groups in total. The van der Waals surface area contributed by atoms with Crippen LogP contribution in [0.2, 0.25) is 0 Å². The fourth-order valence-corrected chi connectivity index (χ4v) is 2.39. The van der Waals surface area contributed by atoms with Crippen LogP contribution in [0.15, 0.2) is 48.5 Å². The third-order valence-electron chi connectivity index (χ3n) is 3.48. The smallest absolute Gasteiger partial charge is 0.224 e. The topological polar surface area (TPSA) is 56.8 Å². The number of amides is 1. The average Bonchev–Trinajstić information content (AvgIpc) is 2.61. The SMILES string of the molecule is CCOc1ccccc1OCCCC(=O)Nc1cccc(COC)c1. The van der Waals surface area contributed by atoms with Gasteiger partial charge >= 0.3 is 0 Å². The molecule has 0 aromatic heterocycles. The zero-order valence-corrected chi connectivity index (χ0v) is 14.8. The van der Waals surface area contributed by atoms with Gasteiger partial charge in [0.05, 0.1) is 19.8 Å². The molecule has 0 heterocycles. The van der Waals surface area contributed by atoms with Gasteiger partial charge in [-0.1, -0.05) is 24.3 Å². The molecule has 0 radical (unpaired) electrons. The quantitative estimate of drug-likeness (QED) is 0.662. The normalized spacial score (nSPS) is 10.3. The second kappa shape index (κ2) is 10.4. The Bertz CT molecular complexity index is 672. The third-order valence-corrected chi connectivity index (χ3v) is 3.48. The van der Waals surface area contributed by atoms with Crippen molar-refractivity contribution >= 4 is 11.6 Å². The molecule has 2 aromatic carbocycles. The van der Waals surface area contributed by atoms with Crippen molar-refractivity contribution in [1.82, 2.24) is 0 Å². The lowest BCUT2D eigenvalue weighted by Crippen LogP contribution is -2.13. The number of anilines is 1. The van der Waals surface area contributed by atoms with Crippen LogP contribution in [0.1, 0.15) is 25.3 Å². The van der Waals surface area contributed by atoms with E-state index in [-0.39, 0.29) is 5.91 Å². The van der Waals surface area contributed by atoms with Gasteiger partial charge in [0.2, 0.25) is 5.91 Å². The molecular formula is C20H25NO4. The molecule has 0 saturated carbocycles. The number of methoxy groups -OCH3 is 1. The van der Waals surface area contributed by atoms with Gasteiger partial charge in [0.25, 0.3) is 0 Å². The van der Waals surface area contributed by atoms with E-state index in [2.05, 4.69) is 5.32 Å². The minimum atomic E-state index is -0.0312. The summed E-state index contributed by atoms with van der Waals surface area (Å²) >= 11 is 0.